The number of carbonyl (C=O) groups is 1. The van der Waals surface area contributed by atoms with Gasteiger partial charge in [0.25, 0.3) is 0 Å². The SMILES string of the molecule is COCCCOc1cc2c(cc1OC)-c1c(F)c(=O)c(C(C)=O)cn1[C@H]1[C@@H]2COC1(C)C. The van der Waals surface area contributed by atoms with Crippen LogP contribution >= 0.6 is 0 Å². The maximum absolute atomic E-state index is 15.5. The molecule has 2 aromatic rings. The number of carbonyl (C=O) groups excluding carboxylic acids is 1. The molecule has 8 heteroatoms. The summed E-state index contributed by atoms with van der Waals surface area (Å²) < 4.78 is 39.8. The number of methoxy groups -OCH3 is 2. The van der Waals surface area contributed by atoms with E-state index in [1.54, 1.807) is 17.7 Å². The molecule has 4 rings (SSSR count). The Labute approximate surface area is 186 Å². The summed E-state index contributed by atoms with van der Waals surface area (Å²) in [5, 5.41) is 0. The second-order valence-corrected chi connectivity index (χ2v) is 8.75. The fourth-order valence-corrected chi connectivity index (χ4v) is 4.83. The van der Waals surface area contributed by atoms with Gasteiger partial charge in [0.2, 0.25) is 5.43 Å². The lowest BCUT2D eigenvalue weighted by Gasteiger charge is -2.38. The average molecular weight is 445 g/mol. The molecule has 0 aliphatic carbocycles. The van der Waals surface area contributed by atoms with Crippen molar-refractivity contribution >= 4 is 5.78 Å². The fraction of sp³-hybridized carbons (Fsp3) is 0.500. The zero-order chi connectivity index (χ0) is 23.2. The molecule has 0 radical (unpaired) electrons. The van der Waals surface area contributed by atoms with Crippen LogP contribution in [0.2, 0.25) is 0 Å². The van der Waals surface area contributed by atoms with Crippen LogP contribution in [-0.2, 0) is 9.47 Å². The number of benzene rings is 1. The molecule has 1 fully saturated rings. The van der Waals surface area contributed by atoms with Crippen LogP contribution in [0.4, 0.5) is 4.39 Å². The summed E-state index contributed by atoms with van der Waals surface area (Å²) in [5.74, 6) is -0.549. The van der Waals surface area contributed by atoms with Crippen molar-refractivity contribution in [3.63, 3.8) is 0 Å². The predicted octanol–water partition coefficient (Wildman–Crippen LogP) is 3.73. The Bertz CT molecular complexity index is 1120. The second-order valence-electron chi connectivity index (χ2n) is 8.75. The highest BCUT2D eigenvalue weighted by Crippen LogP contribution is 2.54. The monoisotopic (exact) mass is 445 g/mol. The highest BCUT2D eigenvalue weighted by molar-refractivity contribution is 5.94. The van der Waals surface area contributed by atoms with E-state index in [0.29, 0.717) is 43.3 Å². The summed E-state index contributed by atoms with van der Waals surface area (Å²) in [7, 11) is 3.15. The highest BCUT2D eigenvalue weighted by atomic mass is 19.1. The van der Waals surface area contributed by atoms with Crippen molar-refractivity contribution in [1.29, 1.82) is 0 Å². The Morgan fingerprint density at radius 2 is 2.00 bits per heavy atom. The maximum Gasteiger partial charge on any atom is 0.228 e. The average Bonchev–Trinajstić information content (AvgIpc) is 3.08. The third-order valence-corrected chi connectivity index (χ3v) is 6.33. The first-order chi connectivity index (χ1) is 15.2. The lowest BCUT2D eigenvalue weighted by atomic mass is 9.79. The van der Waals surface area contributed by atoms with E-state index in [9.17, 15) is 9.59 Å². The maximum atomic E-state index is 15.5. The van der Waals surface area contributed by atoms with E-state index in [-0.39, 0.29) is 23.2 Å². The third kappa shape index (κ3) is 3.51. The first kappa shape index (κ1) is 22.5. The normalized spacial score (nSPS) is 20.3. The van der Waals surface area contributed by atoms with Crippen molar-refractivity contribution < 1.29 is 28.1 Å². The quantitative estimate of drug-likeness (QED) is 0.478. The molecule has 172 valence electrons. The molecule has 7 nitrogen and oxygen atoms in total. The van der Waals surface area contributed by atoms with E-state index in [4.69, 9.17) is 18.9 Å². The summed E-state index contributed by atoms with van der Waals surface area (Å²) in [5.41, 5.74) is -0.189. The van der Waals surface area contributed by atoms with Crippen molar-refractivity contribution in [3.8, 4) is 22.8 Å². The van der Waals surface area contributed by atoms with Crippen molar-refractivity contribution in [3.05, 3.63) is 45.5 Å². The molecule has 0 bridgehead atoms. The largest absolute Gasteiger partial charge is 0.493 e. The van der Waals surface area contributed by atoms with Crippen LogP contribution in [0.5, 0.6) is 11.5 Å². The Kier molecular flexibility index (Phi) is 5.85. The molecule has 2 atom stereocenters. The van der Waals surface area contributed by atoms with Gasteiger partial charge in [-0.05, 0) is 38.5 Å². The van der Waals surface area contributed by atoms with Gasteiger partial charge in [0, 0.05) is 37.8 Å². The molecule has 0 saturated carbocycles. The summed E-state index contributed by atoms with van der Waals surface area (Å²) in [4.78, 5) is 24.7. The minimum absolute atomic E-state index is 0.110. The lowest BCUT2D eigenvalue weighted by molar-refractivity contribution is 0.0144. The van der Waals surface area contributed by atoms with Gasteiger partial charge in [-0.1, -0.05) is 0 Å². The molecule has 2 aliphatic heterocycles. The molecule has 1 saturated heterocycles. The first-order valence-corrected chi connectivity index (χ1v) is 10.6. The van der Waals surface area contributed by atoms with Crippen molar-refractivity contribution in [2.24, 2.45) is 0 Å². The number of rotatable bonds is 7. The molecule has 0 unspecified atom stereocenters. The van der Waals surface area contributed by atoms with Crippen molar-refractivity contribution in [2.75, 3.05) is 34.0 Å². The molecule has 3 heterocycles. The van der Waals surface area contributed by atoms with Gasteiger partial charge in [0.05, 0.1) is 43.2 Å². The Morgan fingerprint density at radius 1 is 1.25 bits per heavy atom. The topological polar surface area (TPSA) is 76.0 Å². The highest BCUT2D eigenvalue weighted by Gasteiger charge is 2.50. The second kappa shape index (κ2) is 8.33. The number of ketones is 1. The smallest absolute Gasteiger partial charge is 0.228 e. The van der Waals surface area contributed by atoms with Gasteiger partial charge in [0.1, 0.15) is 0 Å². The Morgan fingerprint density at radius 3 is 2.66 bits per heavy atom. The third-order valence-electron chi connectivity index (χ3n) is 6.33. The van der Waals surface area contributed by atoms with E-state index in [0.717, 1.165) is 5.56 Å². The van der Waals surface area contributed by atoms with Crippen LogP contribution in [0.3, 0.4) is 0 Å². The van der Waals surface area contributed by atoms with Crippen LogP contribution in [0.1, 0.15) is 55.1 Å². The van der Waals surface area contributed by atoms with Crippen LogP contribution in [0, 0.1) is 5.82 Å². The van der Waals surface area contributed by atoms with Gasteiger partial charge < -0.3 is 23.5 Å². The standard InChI is InChI=1S/C24H28FNO6/c1-13(27)16-11-26-21(20(25)22(16)28)15-10-18(30-5)19(31-8-6-7-29-4)9-14(15)17-12-32-24(2,3)23(17)26/h9-11,17,23H,6-8,12H2,1-5H3/t17-,23+/m1/s1. The molecule has 0 N–H and O–H groups in total. The van der Waals surface area contributed by atoms with Gasteiger partial charge in [-0.3, -0.25) is 9.59 Å². The van der Waals surface area contributed by atoms with Crippen molar-refractivity contribution in [1.82, 2.24) is 4.57 Å². The molecule has 32 heavy (non-hydrogen) atoms. The summed E-state index contributed by atoms with van der Waals surface area (Å²) >= 11 is 0. The Balaban J connectivity index is 1.94. The van der Waals surface area contributed by atoms with Crippen LogP contribution < -0.4 is 14.9 Å². The van der Waals surface area contributed by atoms with Crippen LogP contribution in [0.25, 0.3) is 11.3 Å². The molecule has 0 amide bonds. The van der Waals surface area contributed by atoms with Crippen LogP contribution in [0.15, 0.2) is 23.1 Å². The fourth-order valence-electron chi connectivity index (χ4n) is 4.83. The number of halogens is 1. The number of nitrogens with zero attached hydrogens (tertiary/aromatic N) is 1. The zero-order valence-corrected chi connectivity index (χ0v) is 19.0. The zero-order valence-electron chi connectivity index (χ0n) is 19.0. The number of hydrogen-bond acceptors (Lipinski definition) is 6. The number of pyridine rings is 1. The van der Waals surface area contributed by atoms with Gasteiger partial charge in [-0.2, -0.15) is 0 Å². The molecule has 1 aromatic carbocycles. The van der Waals surface area contributed by atoms with Gasteiger partial charge in [-0.25, -0.2) is 4.39 Å². The van der Waals surface area contributed by atoms with Gasteiger partial charge in [-0.15, -0.1) is 0 Å². The molecule has 0 spiro atoms. The Hall–Kier alpha value is -2.71. The van der Waals surface area contributed by atoms with Gasteiger partial charge in [0.15, 0.2) is 23.1 Å². The first-order valence-electron chi connectivity index (χ1n) is 10.6. The number of ether oxygens (including phenoxy) is 4. The number of fused-ring (bicyclic) bond motifs is 6. The van der Waals surface area contributed by atoms with E-state index in [1.165, 1.54) is 20.2 Å². The predicted molar refractivity (Wildman–Crippen MR) is 116 cm³/mol. The van der Waals surface area contributed by atoms with Crippen molar-refractivity contribution in [2.45, 2.75) is 44.8 Å². The minimum atomic E-state index is -0.948. The minimum Gasteiger partial charge on any atom is -0.493 e. The summed E-state index contributed by atoms with van der Waals surface area (Å²) in [6, 6.07) is 3.26. The molecular weight excluding hydrogens is 417 g/mol. The van der Waals surface area contributed by atoms with E-state index in [2.05, 4.69) is 0 Å². The van der Waals surface area contributed by atoms with Gasteiger partial charge >= 0.3 is 0 Å². The molecular formula is C24H28FNO6. The number of hydrogen-bond donors (Lipinski definition) is 0. The lowest BCUT2D eigenvalue weighted by Crippen LogP contribution is -2.37. The summed E-state index contributed by atoms with van der Waals surface area (Å²) in [6.07, 6.45) is 2.18. The molecule has 1 aromatic heterocycles. The number of aromatic nitrogens is 1. The molecule has 2 aliphatic rings. The number of Topliss-reactive ketones (excluding diaryl/α,β-unsaturated/α-hetero) is 1. The van der Waals surface area contributed by atoms with E-state index in [1.807, 2.05) is 19.9 Å². The van der Waals surface area contributed by atoms with E-state index < -0.39 is 22.6 Å². The summed E-state index contributed by atoms with van der Waals surface area (Å²) in [6.45, 7) is 6.56. The van der Waals surface area contributed by atoms with E-state index >= 15 is 4.39 Å². The van der Waals surface area contributed by atoms with Crippen LogP contribution in [-0.4, -0.2) is 50.0 Å².